The molecule has 208 valence electrons. The number of esters is 1. The highest BCUT2D eigenvalue weighted by Crippen LogP contribution is 2.43. The van der Waals surface area contributed by atoms with Crippen LogP contribution < -0.4 is 9.64 Å². The van der Waals surface area contributed by atoms with Crippen molar-refractivity contribution < 1.29 is 34.1 Å². The molecule has 3 aromatic rings. The van der Waals surface area contributed by atoms with Gasteiger partial charge in [0.2, 0.25) is 0 Å². The molecule has 3 aromatic carbocycles. The van der Waals surface area contributed by atoms with Gasteiger partial charge in [0.1, 0.15) is 17.3 Å². The predicted molar refractivity (Wildman–Crippen MR) is 151 cm³/mol. The number of rotatable bonds is 8. The molecule has 1 heterocycles. The van der Waals surface area contributed by atoms with Gasteiger partial charge in [-0.2, -0.15) is 0 Å². The lowest BCUT2D eigenvalue weighted by Gasteiger charge is -2.26. The minimum absolute atomic E-state index is 0.00624. The fourth-order valence-electron chi connectivity index (χ4n) is 4.51. The lowest BCUT2D eigenvalue weighted by molar-refractivity contribution is -0.132. The Morgan fingerprint density at radius 2 is 1.65 bits per heavy atom. The zero-order chi connectivity index (χ0) is 29.1. The van der Waals surface area contributed by atoms with Crippen LogP contribution in [0.1, 0.15) is 60.8 Å². The fourth-order valence-corrected chi connectivity index (χ4v) is 4.51. The first-order valence-corrected chi connectivity index (χ1v) is 13.1. The molecule has 1 aliphatic heterocycles. The van der Waals surface area contributed by atoms with Crippen molar-refractivity contribution in [2.24, 2.45) is 5.92 Å². The van der Waals surface area contributed by atoms with Crippen molar-refractivity contribution in [3.8, 4) is 11.5 Å². The molecule has 4 rings (SSSR count). The number of hydrogen-bond donors (Lipinski definition) is 2. The zero-order valence-corrected chi connectivity index (χ0v) is 23.2. The predicted octanol–water partition coefficient (Wildman–Crippen LogP) is 5.93. The number of aliphatic hydroxyl groups is 1. The number of aromatic hydroxyl groups is 1. The van der Waals surface area contributed by atoms with Gasteiger partial charge in [0.15, 0.2) is 0 Å². The van der Waals surface area contributed by atoms with E-state index in [4.69, 9.17) is 9.47 Å². The number of aliphatic hydroxyl groups excluding tert-OH is 1. The molecule has 0 bridgehead atoms. The fraction of sp³-hybridized carbons (Fsp3) is 0.281. The van der Waals surface area contributed by atoms with E-state index in [2.05, 4.69) is 0 Å². The van der Waals surface area contributed by atoms with E-state index in [-0.39, 0.29) is 34.4 Å². The van der Waals surface area contributed by atoms with Crippen molar-refractivity contribution in [1.29, 1.82) is 0 Å². The highest BCUT2D eigenvalue weighted by Gasteiger charge is 2.47. The number of amides is 1. The second kappa shape index (κ2) is 11.7. The lowest BCUT2D eigenvalue weighted by Crippen LogP contribution is -2.29. The Hall–Kier alpha value is -4.59. The number of ketones is 1. The lowest BCUT2D eigenvalue weighted by atomic mass is 9.94. The van der Waals surface area contributed by atoms with E-state index in [9.17, 15) is 24.6 Å². The topological polar surface area (TPSA) is 113 Å². The van der Waals surface area contributed by atoms with Gasteiger partial charge < -0.3 is 19.7 Å². The molecule has 0 spiro atoms. The Kier molecular flexibility index (Phi) is 8.28. The molecule has 0 radical (unpaired) electrons. The Morgan fingerprint density at radius 3 is 2.27 bits per heavy atom. The van der Waals surface area contributed by atoms with Crippen LogP contribution in [0.5, 0.6) is 11.5 Å². The van der Waals surface area contributed by atoms with Crippen LogP contribution in [0.25, 0.3) is 5.76 Å². The van der Waals surface area contributed by atoms with Crippen molar-refractivity contribution in [1.82, 2.24) is 0 Å². The van der Waals surface area contributed by atoms with Crippen molar-refractivity contribution in [3.05, 3.63) is 94.6 Å². The van der Waals surface area contributed by atoms with Crippen LogP contribution in [0.3, 0.4) is 0 Å². The van der Waals surface area contributed by atoms with Gasteiger partial charge in [0, 0.05) is 11.3 Å². The third-order valence-corrected chi connectivity index (χ3v) is 6.38. The molecule has 8 nitrogen and oxygen atoms in total. The number of carbonyl (C=O) groups is 3. The maximum Gasteiger partial charge on any atom is 0.338 e. The molecule has 0 saturated carbocycles. The summed E-state index contributed by atoms with van der Waals surface area (Å²) in [5.74, 6) is -1.64. The third kappa shape index (κ3) is 5.86. The number of carbonyl (C=O) groups excluding carboxylic acids is 3. The highest BCUT2D eigenvalue weighted by molar-refractivity contribution is 6.51. The molecule has 2 N–H and O–H groups in total. The number of ether oxygens (including phenoxy) is 2. The summed E-state index contributed by atoms with van der Waals surface area (Å²) in [7, 11) is 0. The highest BCUT2D eigenvalue weighted by atomic mass is 16.5. The van der Waals surface area contributed by atoms with Gasteiger partial charge in [-0.1, -0.05) is 32.0 Å². The molecule has 1 unspecified atom stereocenters. The first-order valence-electron chi connectivity index (χ1n) is 13.1. The van der Waals surface area contributed by atoms with Crippen LogP contribution >= 0.6 is 0 Å². The molecule has 1 amide bonds. The number of nitrogens with zero attached hydrogens (tertiary/aromatic N) is 1. The Morgan fingerprint density at radius 1 is 0.950 bits per heavy atom. The summed E-state index contributed by atoms with van der Waals surface area (Å²) in [5.41, 5.74) is 1.99. The Labute approximate surface area is 233 Å². The number of phenols is 1. The van der Waals surface area contributed by atoms with E-state index in [1.54, 1.807) is 62.4 Å². The molecular weight excluding hydrogens is 510 g/mol. The number of phenolic OH excluding ortho intramolecular Hbond substituents is 1. The zero-order valence-electron chi connectivity index (χ0n) is 23.2. The molecule has 8 heteroatoms. The van der Waals surface area contributed by atoms with Crippen LogP contribution in [-0.4, -0.2) is 40.6 Å². The number of anilines is 1. The van der Waals surface area contributed by atoms with Gasteiger partial charge in [0.25, 0.3) is 11.7 Å². The maximum absolute atomic E-state index is 13.5. The number of aryl methyl sites for hydroxylation is 1. The minimum atomic E-state index is -1.02. The van der Waals surface area contributed by atoms with Gasteiger partial charge in [-0.25, -0.2) is 4.79 Å². The van der Waals surface area contributed by atoms with Crippen molar-refractivity contribution in [2.75, 3.05) is 11.5 Å². The monoisotopic (exact) mass is 543 g/mol. The molecule has 0 aliphatic carbocycles. The normalized spacial score (nSPS) is 16.6. The van der Waals surface area contributed by atoms with Gasteiger partial charge >= 0.3 is 5.97 Å². The molecule has 1 atom stereocenters. The van der Waals surface area contributed by atoms with Crippen LogP contribution in [0.4, 0.5) is 5.69 Å². The summed E-state index contributed by atoms with van der Waals surface area (Å²) >= 11 is 0. The molecule has 40 heavy (non-hydrogen) atoms. The van der Waals surface area contributed by atoms with Gasteiger partial charge in [0.05, 0.1) is 29.9 Å². The minimum Gasteiger partial charge on any atom is -0.508 e. The van der Waals surface area contributed by atoms with E-state index >= 15 is 0 Å². The number of Topliss-reactive ketones (excluding diaryl/α,β-unsaturated/α-hetero) is 1. The first-order chi connectivity index (χ1) is 19.0. The maximum atomic E-state index is 13.5. The largest absolute Gasteiger partial charge is 0.508 e. The summed E-state index contributed by atoms with van der Waals surface area (Å²) in [4.78, 5) is 40.8. The van der Waals surface area contributed by atoms with Crippen molar-refractivity contribution in [2.45, 2.75) is 46.8 Å². The smallest absolute Gasteiger partial charge is 0.338 e. The summed E-state index contributed by atoms with van der Waals surface area (Å²) in [6.45, 7) is 9.92. The molecule has 1 saturated heterocycles. The van der Waals surface area contributed by atoms with E-state index < -0.39 is 23.7 Å². The molecule has 1 aliphatic rings. The average molecular weight is 544 g/mol. The van der Waals surface area contributed by atoms with Crippen LogP contribution in [0, 0.1) is 12.8 Å². The van der Waals surface area contributed by atoms with Crippen LogP contribution in [0.15, 0.2) is 72.3 Å². The number of benzene rings is 3. The third-order valence-electron chi connectivity index (χ3n) is 6.38. The SMILES string of the molecule is Cc1cc(/C(O)=C2\C(=O)C(=O)N(c3cccc(C(=O)OC(C)C)c3)C2c2ccc(O)cc2)ccc1OCC(C)C. The Balaban J connectivity index is 1.84. The summed E-state index contributed by atoms with van der Waals surface area (Å²) in [5, 5.41) is 21.3. The first kappa shape index (κ1) is 28.4. The molecule has 1 fully saturated rings. The average Bonchev–Trinajstić information content (AvgIpc) is 3.17. The van der Waals surface area contributed by atoms with E-state index in [0.717, 1.165) is 5.56 Å². The number of hydrogen-bond acceptors (Lipinski definition) is 7. The molecular formula is C32H33NO7. The van der Waals surface area contributed by atoms with Crippen molar-refractivity contribution in [3.63, 3.8) is 0 Å². The van der Waals surface area contributed by atoms with E-state index in [1.165, 1.54) is 23.1 Å². The van der Waals surface area contributed by atoms with Gasteiger partial charge in [-0.15, -0.1) is 0 Å². The quantitative estimate of drug-likeness (QED) is 0.157. The van der Waals surface area contributed by atoms with Gasteiger partial charge in [-0.05, 0) is 86.3 Å². The summed E-state index contributed by atoms with van der Waals surface area (Å²) in [6.07, 6.45) is -0.340. The Bertz CT molecular complexity index is 1470. The van der Waals surface area contributed by atoms with Gasteiger partial charge in [-0.3, -0.25) is 14.5 Å². The van der Waals surface area contributed by atoms with Crippen LogP contribution in [-0.2, 0) is 14.3 Å². The molecule has 0 aromatic heterocycles. The second-order valence-electron chi connectivity index (χ2n) is 10.5. The summed E-state index contributed by atoms with van der Waals surface area (Å²) < 4.78 is 11.1. The standard InChI is InChI=1S/C32H33NO7/c1-18(2)17-39-26-14-11-22(15-20(26)5)29(35)27-28(21-9-12-25(34)13-10-21)33(31(37)30(27)36)24-8-6-7-23(16-24)32(38)40-19(3)4/h6-16,18-19,28,34-35H,17H2,1-5H3/b29-27+. The summed E-state index contributed by atoms with van der Waals surface area (Å²) in [6, 6.07) is 16.3. The second-order valence-corrected chi connectivity index (χ2v) is 10.5. The van der Waals surface area contributed by atoms with Crippen molar-refractivity contribution >= 4 is 29.1 Å². The van der Waals surface area contributed by atoms with E-state index in [1.807, 2.05) is 20.8 Å². The van der Waals surface area contributed by atoms with Crippen LogP contribution in [0.2, 0.25) is 0 Å². The van der Waals surface area contributed by atoms with E-state index in [0.29, 0.717) is 29.4 Å².